The highest BCUT2D eigenvalue weighted by atomic mass is 127. The zero-order chi connectivity index (χ0) is 14.9. The lowest BCUT2D eigenvalue weighted by Crippen LogP contribution is -2.41. The average molecular weight is 464 g/mol. The Morgan fingerprint density at radius 3 is 2.86 bits per heavy atom. The summed E-state index contributed by atoms with van der Waals surface area (Å²) in [5.41, 5.74) is 1.58. The van der Waals surface area contributed by atoms with Crippen LogP contribution < -0.4 is 5.32 Å². The largest absolute Gasteiger partial charge is 0.375 e. The Hall–Kier alpha value is 0.350. The van der Waals surface area contributed by atoms with Crippen molar-refractivity contribution in [1.82, 2.24) is 5.32 Å². The van der Waals surface area contributed by atoms with Crippen LogP contribution in [0, 0.1) is 9.49 Å². The van der Waals surface area contributed by atoms with Crippen LogP contribution in [0.4, 0.5) is 0 Å². The van der Waals surface area contributed by atoms with Gasteiger partial charge in [0, 0.05) is 20.7 Å². The summed E-state index contributed by atoms with van der Waals surface area (Å²) in [5.74, 6) is 0.663. The molecule has 0 amide bonds. The van der Waals surface area contributed by atoms with Crippen LogP contribution in [0.3, 0.4) is 0 Å². The van der Waals surface area contributed by atoms with Crippen molar-refractivity contribution >= 4 is 38.5 Å². The zero-order valence-electron chi connectivity index (χ0n) is 12.5. The molecular weight excluding hydrogens is 441 g/mol. The zero-order valence-corrected chi connectivity index (χ0v) is 16.2. The second kappa shape index (κ2) is 6.85. The third-order valence-corrected chi connectivity index (χ3v) is 6.51. The summed E-state index contributed by atoms with van der Waals surface area (Å²) in [6, 6.07) is 7.05. The standard InChI is InChI=1S/C17H23BrINO/c1-20-16(14-10-13(19)4-5-15(14)18)12-6-9-21-17(11-12)7-2-3-8-17/h4-5,10,12,16,20H,2-3,6-9,11H2,1H3. The molecular formula is C17H23BrINO. The third kappa shape index (κ3) is 3.48. The molecule has 0 aromatic heterocycles. The fraction of sp³-hybridized carbons (Fsp3) is 0.647. The molecule has 116 valence electrons. The van der Waals surface area contributed by atoms with E-state index >= 15 is 0 Å². The maximum Gasteiger partial charge on any atom is 0.0686 e. The Kier molecular flexibility index (Phi) is 5.29. The van der Waals surface area contributed by atoms with Gasteiger partial charge in [0.05, 0.1) is 5.60 Å². The first-order valence-electron chi connectivity index (χ1n) is 7.90. The van der Waals surface area contributed by atoms with Crippen LogP contribution in [-0.4, -0.2) is 19.3 Å². The minimum absolute atomic E-state index is 0.187. The Bertz CT molecular complexity index is 502. The number of benzene rings is 1. The van der Waals surface area contributed by atoms with Gasteiger partial charge in [-0.1, -0.05) is 28.8 Å². The molecule has 2 unspecified atom stereocenters. The van der Waals surface area contributed by atoms with E-state index in [9.17, 15) is 0 Å². The quantitative estimate of drug-likeness (QED) is 0.633. The fourth-order valence-electron chi connectivity index (χ4n) is 4.12. The Morgan fingerprint density at radius 2 is 2.14 bits per heavy atom. The van der Waals surface area contributed by atoms with Crippen molar-refractivity contribution in [2.75, 3.05) is 13.7 Å². The van der Waals surface area contributed by atoms with Gasteiger partial charge in [-0.3, -0.25) is 0 Å². The smallest absolute Gasteiger partial charge is 0.0686 e. The molecule has 1 N–H and O–H groups in total. The van der Waals surface area contributed by atoms with Gasteiger partial charge in [0.1, 0.15) is 0 Å². The van der Waals surface area contributed by atoms with Gasteiger partial charge in [-0.25, -0.2) is 0 Å². The highest BCUT2D eigenvalue weighted by Gasteiger charge is 2.42. The number of hydrogen-bond donors (Lipinski definition) is 1. The van der Waals surface area contributed by atoms with E-state index in [4.69, 9.17) is 4.74 Å². The average Bonchev–Trinajstić information content (AvgIpc) is 2.91. The topological polar surface area (TPSA) is 21.3 Å². The molecule has 1 saturated carbocycles. The number of ether oxygens (including phenoxy) is 1. The summed E-state index contributed by atoms with van der Waals surface area (Å²) >= 11 is 6.14. The molecule has 1 saturated heterocycles. The maximum atomic E-state index is 6.20. The normalized spacial score (nSPS) is 26.1. The number of rotatable bonds is 3. The van der Waals surface area contributed by atoms with Crippen molar-refractivity contribution in [3.05, 3.63) is 31.8 Å². The van der Waals surface area contributed by atoms with Crippen molar-refractivity contribution in [3.8, 4) is 0 Å². The molecule has 3 rings (SSSR count). The van der Waals surface area contributed by atoms with E-state index in [0.29, 0.717) is 12.0 Å². The summed E-state index contributed by atoms with van der Waals surface area (Å²) < 4.78 is 8.72. The first-order valence-corrected chi connectivity index (χ1v) is 9.77. The van der Waals surface area contributed by atoms with Crippen molar-refractivity contribution in [2.45, 2.75) is 50.2 Å². The molecule has 1 aliphatic heterocycles. The highest BCUT2D eigenvalue weighted by molar-refractivity contribution is 14.1. The predicted molar refractivity (Wildman–Crippen MR) is 98.5 cm³/mol. The van der Waals surface area contributed by atoms with Gasteiger partial charge < -0.3 is 10.1 Å². The molecule has 2 nitrogen and oxygen atoms in total. The molecule has 0 radical (unpaired) electrons. The first-order chi connectivity index (χ1) is 10.1. The van der Waals surface area contributed by atoms with Crippen LogP contribution in [-0.2, 0) is 4.74 Å². The maximum absolute atomic E-state index is 6.20. The minimum Gasteiger partial charge on any atom is -0.375 e. The van der Waals surface area contributed by atoms with Crippen molar-refractivity contribution in [2.24, 2.45) is 5.92 Å². The Labute approximate surface area is 149 Å². The lowest BCUT2D eigenvalue weighted by molar-refractivity contribution is -0.0979. The second-order valence-corrected chi connectivity index (χ2v) is 8.52. The molecule has 1 heterocycles. The molecule has 2 fully saturated rings. The van der Waals surface area contributed by atoms with Crippen LogP contribution in [0.25, 0.3) is 0 Å². The van der Waals surface area contributed by atoms with Crippen LogP contribution in [0.2, 0.25) is 0 Å². The number of hydrogen-bond acceptors (Lipinski definition) is 2. The van der Waals surface area contributed by atoms with Gasteiger partial charge in [-0.2, -0.15) is 0 Å². The van der Waals surface area contributed by atoms with Crippen molar-refractivity contribution in [1.29, 1.82) is 0 Å². The van der Waals surface area contributed by atoms with Gasteiger partial charge >= 0.3 is 0 Å². The SMILES string of the molecule is CNC(c1cc(I)ccc1Br)C1CCOC2(CCCC2)C1. The van der Waals surface area contributed by atoms with Gasteiger partial charge in [-0.05, 0) is 85.0 Å². The molecule has 2 aliphatic rings. The third-order valence-electron chi connectivity index (χ3n) is 5.12. The van der Waals surface area contributed by atoms with Crippen LogP contribution in [0.15, 0.2) is 22.7 Å². The molecule has 1 aliphatic carbocycles. The Morgan fingerprint density at radius 1 is 1.38 bits per heavy atom. The van der Waals surface area contributed by atoms with Crippen LogP contribution in [0.1, 0.15) is 50.1 Å². The Balaban J connectivity index is 1.84. The summed E-state index contributed by atoms with van der Waals surface area (Å²) in [4.78, 5) is 0. The lowest BCUT2D eigenvalue weighted by atomic mass is 9.78. The minimum atomic E-state index is 0.187. The van der Waals surface area contributed by atoms with Crippen molar-refractivity contribution in [3.63, 3.8) is 0 Å². The molecule has 1 spiro atoms. The monoisotopic (exact) mass is 463 g/mol. The van der Waals surface area contributed by atoms with Gasteiger partial charge in [0.25, 0.3) is 0 Å². The molecule has 0 bridgehead atoms. The van der Waals surface area contributed by atoms with E-state index in [1.54, 1.807) is 0 Å². The summed E-state index contributed by atoms with van der Waals surface area (Å²) in [6.45, 7) is 0.921. The number of nitrogens with one attached hydrogen (secondary N) is 1. The van der Waals surface area contributed by atoms with E-state index in [-0.39, 0.29) is 5.60 Å². The fourth-order valence-corrected chi connectivity index (χ4v) is 5.12. The first kappa shape index (κ1) is 16.2. The van der Waals surface area contributed by atoms with Crippen molar-refractivity contribution < 1.29 is 4.74 Å². The summed E-state index contributed by atoms with van der Waals surface area (Å²) in [6.07, 6.45) is 7.55. The number of halogens is 2. The van der Waals surface area contributed by atoms with E-state index < -0.39 is 0 Å². The summed E-state index contributed by atoms with van der Waals surface area (Å²) in [5, 5.41) is 3.57. The highest BCUT2D eigenvalue weighted by Crippen LogP contribution is 2.46. The second-order valence-electron chi connectivity index (χ2n) is 6.42. The van der Waals surface area contributed by atoms with E-state index in [2.05, 4.69) is 69.1 Å². The van der Waals surface area contributed by atoms with Gasteiger partial charge in [0.15, 0.2) is 0 Å². The summed E-state index contributed by atoms with van der Waals surface area (Å²) in [7, 11) is 2.09. The van der Waals surface area contributed by atoms with Gasteiger partial charge in [0.2, 0.25) is 0 Å². The molecule has 4 heteroatoms. The van der Waals surface area contributed by atoms with E-state index in [1.807, 2.05) is 0 Å². The molecule has 2 atom stereocenters. The lowest BCUT2D eigenvalue weighted by Gasteiger charge is -2.41. The molecule has 1 aromatic carbocycles. The van der Waals surface area contributed by atoms with E-state index in [1.165, 1.54) is 45.7 Å². The molecule has 21 heavy (non-hydrogen) atoms. The predicted octanol–water partition coefficient (Wildman–Crippen LogP) is 5.05. The van der Waals surface area contributed by atoms with E-state index in [0.717, 1.165) is 13.0 Å². The van der Waals surface area contributed by atoms with Crippen LogP contribution >= 0.6 is 38.5 Å². The van der Waals surface area contributed by atoms with Crippen LogP contribution in [0.5, 0.6) is 0 Å². The molecule has 1 aromatic rings. The van der Waals surface area contributed by atoms with Gasteiger partial charge in [-0.15, -0.1) is 0 Å².